The average molecular weight is 197 g/mol. The van der Waals surface area contributed by atoms with Crippen molar-refractivity contribution in [2.24, 2.45) is 0 Å². The summed E-state index contributed by atoms with van der Waals surface area (Å²) in [7, 11) is 3.55. The molecule has 14 heavy (non-hydrogen) atoms. The number of methoxy groups -OCH3 is 1. The molecule has 1 N–H and O–H groups in total. The van der Waals surface area contributed by atoms with Crippen LogP contribution in [0.15, 0.2) is 12.4 Å². The molecule has 0 amide bonds. The van der Waals surface area contributed by atoms with Gasteiger partial charge in [-0.1, -0.05) is 0 Å². The molecular weight excluding hydrogens is 182 g/mol. The highest BCUT2D eigenvalue weighted by Crippen LogP contribution is 2.04. The Labute approximate surface area is 83.4 Å². The molecule has 0 aliphatic heterocycles. The first-order valence-corrected chi connectivity index (χ1v) is 4.39. The number of aliphatic hydroxyl groups excluding tert-OH is 1. The summed E-state index contributed by atoms with van der Waals surface area (Å²) >= 11 is 0. The van der Waals surface area contributed by atoms with Crippen molar-refractivity contribution in [3.05, 3.63) is 18.0 Å². The maximum Gasteiger partial charge on any atom is 0.225 e. The summed E-state index contributed by atoms with van der Waals surface area (Å²) < 4.78 is 4.94. The fraction of sp³-hybridized carbons (Fsp3) is 0.556. The Kier molecular flexibility index (Phi) is 4.28. The molecule has 0 saturated heterocycles. The van der Waals surface area contributed by atoms with Gasteiger partial charge in [0.15, 0.2) is 0 Å². The Morgan fingerprint density at radius 2 is 2.07 bits per heavy atom. The summed E-state index contributed by atoms with van der Waals surface area (Å²) in [5.41, 5.74) is 0.717. The zero-order valence-electron chi connectivity index (χ0n) is 8.47. The largest absolute Gasteiger partial charge is 0.392 e. The van der Waals surface area contributed by atoms with Crippen LogP contribution in [-0.2, 0) is 11.3 Å². The molecule has 1 heterocycles. The van der Waals surface area contributed by atoms with E-state index in [1.165, 1.54) is 0 Å². The number of rotatable bonds is 5. The summed E-state index contributed by atoms with van der Waals surface area (Å²) in [4.78, 5) is 10.1. The van der Waals surface area contributed by atoms with E-state index in [0.29, 0.717) is 18.1 Å². The molecule has 0 atom stereocenters. The highest BCUT2D eigenvalue weighted by atomic mass is 16.5. The van der Waals surface area contributed by atoms with E-state index < -0.39 is 0 Å². The third-order valence-corrected chi connectivity index (χ3v) is 1.85. The molecule has 0 spiro atoms. The number of hydrogen-bond acceptors (Lipinski definition) is 5. The predicted octanol–water partition coefficient (Wildman–Crippen LogP) is 0.0515. The zero-order valence-corrected chi connectivity index (χ0v) is 8.47. The fourth-order valence-corrected chi connectivity index (χ4v) is 0.955. The number of hydrogen-bond donors (Lipinski definition) is 1. The highest BCUT2D eigenvalue weighted by Gasteiger charge is 2.02. The van der Waals surface area contributed by atoms with Gasteiger partial charge in [0.05, 0.1) is 13.2 Å². The molecule has 0 radical (unpaired) electrons. The lowest BCUT2D eigenvalue weighted by Gasteiger charge is -2.15. The van der Waals surface area contributed by atoms with Crippen molar-refractivity contribution in [2.45, 2.75) is 6.61 Å². The second-order valence-electron chi connectivity index (χ2n) is 2.96. The lowest BCUT2D eigenvalue weighted by atomic mass is 10.4. The normalized spacial score (nSPS) is 10.2. The fourth-order valence-electron chi connectivity index (χ4n) is 0.955. The molecule has 1 aromatic rings. The van der Waals surface area contributed by atoms with Gasteiger partial charge in [-0.3, -0.25) is 0 Å². The molecule has 5 heteroatoms. The number of anilines is 1. The van der Waals surface area contributed by atoms with E-state index in [-0.39, 0.29) is 6.61 Å². The third-order valence-electron chi connectivity index (χ3n) is 1.85. The van der Waals surface area contributed by atoms with E-state index >= 15 is 0 Å². The summed E-state index contributed by atoms with van der Waals surface area (Å²) in [5, 5.41) is 8.79. The van der Waals surface area contributed by atoms with Crippen LogP contribution in [0.4, 0.5) is 5.95 Å². The highest BCUT2D eigenvalue weighted by molar-refractivity contribution is 5.27. The Bertz CT molecular complexity index is 263. The van der Waals surface area contributed by atoms with E-state index in [1.54, 1.807) is 19.5 Å². The summed E-state index contributed by atoms with van der Waals surface area (Å²) in [6, 6.07) is 0. The van der Waals surface area contributed by atoms with Gasteiger partial charge < -0.3 is 14.7 Å². The van der Waals surface area contributed by atoms with E-state index in [1.807, 2.05) is 11.9 Å². The number of aromatic nitrogens is 2. The van der Waals surface area contributed by atoms with Crippen LogP contribution in [0.25, 0.3) is 0 Å². The van der Waals surface area contributed by atoms with Crippen molar-refractivity contribution >= 4 is 5.95 Å². The lowest BCUT2D eigenvalue weighted by molar-refractivity contribution is 0.206. The minimum absolute atomic E-state index is 0.0257. The van der Waals surface area contributed by atoms with Crippen LogP contribution in [-0.4, -0.2) is 42.4 Å². The van der Waals surface area contributed by atoms with Gasteiger partial charge in [0.2, 0.25) is 5.95 Å². The first-order chi connectivity index (χ1) is 6.77. The molecule has 0 saturated carbocycles. The summed E-state index contributed by atoms with van der Waals surface area (Å²) in [6.07, 6.45) is 3.23. The lowest BCUT2D eigenvalue weighted by Crippen LogP contribution is -2.24. The van der Waals surface area contributed by atoms with Crippen molar-refractivity contribution in [1.82, 2.24) is 9.97 Å². The first-order valence-electron chi connectivity index (χ1n) is 4.39. The molecule has 78 valence electrons. The molecule has 1 aromatic heterocycles. The van der Waals surface area contributed by atoms with Crippen LogP contribution in [0.2, 0.25) is 0 Å². The van der Waals surface area contributed by atoms with Gasteiger partial charge in [0, 0.05) is 38.7 Å². The smallest absolute Gasteiger partial charge is 0.225 e. The first kappa shape index (κ1) is 10.9. The third kappa shape index (κ3) is 2.93. The van der Waals surface area contributed by atoms with Gasteiger partial charge in [0.25, 0.3) is 0 Å². The van der Waals surface area contributed by atoms with E-state index in [9.17, 15) is 0 Å². The Hall–Kier alpha value is -1.20. The maximum absolute atomic E-state index is 8.79. The SMILES string of the molecule is COCCN(C)c1ncc(CO)cn1. The maximum atomic E-state index is 8.79. The van der Waals surface area contributed by atoms with Crippen LogP contribution >= 0.6 is 0 Å². The molecule has 5 nitrogen and oxygen atoms in total. The zero-order chi connectivity index (χ0) is 10.4. The van der Waals surface area contributed by atoms with Crippen LogP contribution in [0, 0.1) is 0 Å². The quantitative estimate of drug-likeness (QED) is 0.723. The van der Waals surface area contributed by atoms with Crippen LogP contribution in [0.3, 0.4) is 0 Å². The second-order valence-corrected chi connectivity index (χ2v) is 2.96. The van der Waals surface area contributed by atoms with Crippen molar-refractivity contribution in [2.75, 3.05) is 32.2 Å². The molecule has 1 rings (SSSR count). The van der Waals surface area contributed by atoms with E-state index in [0.717, 1.165) is 6.54 Å². The van der Waals surface area contributed by atoms with E-state index in [4.69, 9.17) is 9.84 Å². The van der Waals surface area contributed by atoms with Crippen LogP contribution < -0.4 is 4.90 Å². The average Bonchev–Trinajstić information content (AvgIpc) is 2.26. The van der Waals surface area contributed by atoms with Gasteiger partial charge in [0.1, 0.15) is 0 Å². The van der Waals surface area contributed by atoms with Crippen molar-refractivity contribution in [3.8, 4) is 0 Å². The second kappa shape index (κ2) is 5.51. The molecule has 0 bridgehead atoms. The summed E-state index contributed by atoms with van der Waals surface area (Å²) in [5.74, 6) is 0.638. The molecule has 0 fully saturated rings. The molecular formula is C9H15N3O2. The number of likely N-dealkylation sites (N-methyl/N-ethyl adjacent to an activating group) is 1. The Morgan fingerprint density at radius 1 is 1.43 bits per heavy atom. The summed E-state index contributed by atoms with van der Waals surface area (Å²) in [6.45, 7) is 1.36. The van der Waals surface area contributed by atoms with Crippen molar-refractivity contribution in [1.29, 1.82) is 0 Å². The van der Waals surface area contributed by atoms with Crippen molar-refractivity contribution in [3.63, 3.8) is 0 Å². The monoisotopic (exact) mass is 197 g/mol. The minimum Gasteiger partial charge on any atom is -0.392 e. The van der Waals surface area contributed by atoms with Gasteiger partial charge in [-0.2, -0.15) is 0 Å². The van der Waals surface area contributed by atoms with Gasteiger partial charge in [-0.05, 0) is 0 Å². The number of nitrogens with zero attached hydrogens (tertiary/aromatic N) is 3. The predicted molar refractivity (Wildman–Crippen MR) is 53.1 cm³/mol. The van der Waals surface area contributed by atoms with E-state index in [2.05, 4.69) is 9.97 Å². The number of aliphatic hydroxyl groups is 1. The minimum atomic E-state index is -0.0257. The molecule has 0 aliphatic carbocycles. The topological polar surface area (TPSA) is 58.5 Å². The molecule has 0 aliphatic rings. The van der Waals surface area contributed by atoms with Crippen LogP contribution in [0.1, 0.15) is 5.56 Å². The molecule has 0 aromatic carbocycles. The Balaban J connectivity index is 2.57. The van der Waals surface area contributed by atoms with Gasteiger partial charge >= 0.3 is 0 Å². The number of ether oxygens (including phenoxy) is 1. The Morgan fingerprint density at radius 3 is 2.57 bits per heavy atom. The van der Waals surface area contributed by atoms with Gasteiger partial charge in [-0.15, -0.1) is 0 Å². The molecule has 0 unspecified atom stereocenters. The van der Waals surface area contributed by atoms with Gasteiger partial charge in [-0.25, -0.2) is 9.97 Å². The standard InChI is InChI=1S/C9H15N3O2/c1-12(3-4-14-2)9-10-5-8(7-13)6-11-9/h5-6,13H,3-4,7H2,1-2H3. The van der Waals surface area contributed by atoms with Crippen LogP contribution in [0.5, 0.6) is 0 Å². The van der Waals surface area contributed by atoms with Crippen molar-refractivity contribution < 1.29 is 9.84 Å².